The molecule has 2 saturated carbocycles. The first-order chi connectivity index (χ1) is 10.7. The summed E-state index contributed by atoms with van der Waals surface area (Å²) in [5, 5.41) is 8.88. The van der Waals surface area contributed by atoms with E-state index in [1.54, 1.807) is 0 Å². The van der Waals surface area contributed by atoms with Crippen molar-refractivity contribution in [3.8, 4) is 0 Å². The Balaban J connectivity index is 2.22. The first kappa shape index (κ1) is 18.0. The van der Waals surface area contributed by atoms with Crippen LogP contribution < -0.4 is 0 Å². The van der Waals surface area contributed by atoms with Gasteiger partial charge < -0.3 is 9.90 Å². The Bertz CT molecular complexity index is 533. The van der Waals surface area contributed by atoms with Crippen molar-refractivity contribution in [3.63, 3.8) is 0 Å². The molecule has 3 nitrogen and oxygen atoms in total. The second kappa shape index (κ2) is 6.62. The zero-order valence-electron chi connectivity index (χ0n) is 14.7. The summed E-state index contributed by atoms with van der Waals surface area (Å²) >= 11 is 0. The van der Waals surface area contributed by atoms with E-state index in [4.69, 9.17) is 5.11 Å². The van der Waals surface area contributed by atoms with Gasteiger partial charge in [-0.15, -0.1) is 0 Å². The lowest BCUT2D eigenvalue weighted by Crippen LogP contribution is -2.51. The first-order valence-corrected chi connectivity index (χ1v) is 8.77. The predicted molar refractivity (Wildman–Crippen MR) is 92.1 cm³/mol. The number of carboxylic acid groups (broad SMARTS) is 1. The largest absolute Gasteiger partial charge is 0.478 e. The number of aliphatic carboxylic acids is 1. The Labute approximate surface area is 139 Å². The maximum Gasteiger partial charge on any atom is 0.328 e. The van der Waals surface area contributed by atoms with Crippen molar-refractivity contribution in [2.45, 2.75) is 65.7 Å². The van der Waals surface area contributed by atoms with Gasteiger partial charge in [-0.1, -0.05) is 38.0 Å². The molecule has 0 aromatic carbocycles. The van der Waals surface area contributed by atoms with Crippen molar-refractivity contribution in [2.24, 2.45) is 22.7 Å². The Kier molecular flexibility index (Phi) is 5.17. The van der Waals surface area contributed by atoms with Crippen LogP contribution in [0.2, 0.25) is 0 Å². The van der Waals surface area contributed by atoms with Gasteiger partial charge >= 0.3 is 5.97 Å². The SMILES string of the molecule is C=C1CC[C@@H]2[C@](C)(CCC[C@]2(C)C=O)[C@@H]1CC/C(C)=C/C(=O)O. The molecule has 0 aliphatic heterocycles. The van der Waals surface area contributed by atoms with Crippen molar-refractivity contribution in [2.75, 3.05) is 0 Å². The molecule has 0 saturated heterocycles. The molecule has 2 rings (SSSR count). The highest BCUT2D eigenvalue weighted by molar-refractivity contribution is 5.80. The molecule has 0 unspecified atom stereocenters. The Hall–Kier alpha value is -1.38. The third kappa shape index (κ3) is 3.44. The fraction of sp³-hybridized carbons (Fsp3) is 0.700. The number of carbonyl (C=O) groups excluding carboxylic acids is 1. The summed E-state index contributed by atoms with van der Waals surface area (Å²) in [6, 6.07) is 0. The summed E-state index contributed by atoms with van der Waals surface area (Å²) in [5.41, 5.74) is 2.11. The van der Waals surface area contributed by atoms with Gasteiger partial charge in [0.25, 0.3) is 0 Å². The van der Waals surface area contributed by atoms with E-state index in [0.717, 1.165) is 50.5 Å². The quantitative estimate of drug-likeness (QED) is 0.451. The molecule has 0 spiro atoms. The number of carbonyl (C=O) groups is 2. The van der Waals surface area contributed by atoms with Crippen LogP contribution in [0.5, 0.6) is 0 Å². The molecular weight excluding hydrogens is 288 g/mol. The monoisotopic (exact) mass is 318 g/mol. The number of allylic oxidation sites excluding steroid dienone is 2. The molecule has 128 valence electrons. The highest BCUT2D eigenvalue weighted by Crippen LogP contribution is 2.61. The van der Waals surface area contributed by atoms with Crippen LogP contribution in [0.15, 0.2) is 23.8 Å². The van der Waals surface area contributed by atoms with Crippen molar-refractivity contribution in [1.29, 1.82) is 0 Å². The van der Waals surface area contributed by atoms with Gasteiger partial charge in [-0.2, -0.15) is 0 Å². The average molecular weight is 318 g/mol. The molecule has 0 heterocycles. The summed E-state index contributed by atoms with van der Waals surface area (Å²) in [6.45, 7) is 10.7. The molecule has 2 fully saturated rings. The minimum atomic E-state index is -0.875. The fourth-order valence-corrected chi connectivity index (χ4v) is 5.33. The highest BCUT2D eigenvalue weighted by Gasteiger charge is 2.54. The van der Waals surface area contributed by atoms with E-state index in [2.05, 4.69) is 20.4 Å². The van der Waals surface area contributed by atoms with Crippen molar-refractivity contribution >= 4 is 12.3 Å². The van der Waals surface area contributed by atoms with E-state index in [-0.39, 0.29) is 10.8 Å². The smallest absolute Gasteiger partial charge is 0.328 e. The minimum Gasteiger partial charge on any atom is -0.478 e. The van der Waals surface area contributed by atoms with Crippen LogP contribution in [0.3, 0.4) is 0 Å². The maximum absolute atomic E-state index is 11.8. The standard InChI is InChI=1S/C20H30O3/c1-14(12-18(22)23)6-8-16-15(2)7-9-17-19(3,13-21)10-5-11-20(16,17)4/h12-13,16-17H,2,5-11H2,1,3-4H3,(H,22,23)/b14-12+/t16-,17+,19-,20-/m1/s1. The lowest BCUT2D eigenvalue weighted by Gasteiger charge is -2.57. The van der Waals surface area contributed by atoms with Gasteiger partial charge in [-0.25, -0.2) is 4.79 Å². The number of rotatable bonds is 5. The molecule has 3 heteroatoms. The molecule has 0 amide bonds. The van der Waals surface area contributed by atoms with Crippen LogP contribution in [0.1, 0.15) is 65.7 Å². The van der Waals surface area contributed by atoms with Gasteiger partial charge in [0.05, 0.1) is 0 Å². The van der Waals surface area contributed by atoms with Crippen LogP contribution in [-0.4, -0.2) is 17.4 Å². The molecule has 0 bridgehead atoms. The molecule has 2 aliphatic rings. The van der Waals surface area contributed by atoms with E-state index in [0.29, 0.717) is 11.8 Å². The van der Waals surface area contributed by atoms with Gasteiger partial charge in [0.1, 0.15) is 6.29 Å². The summed E-state index contributed by atoms with van der Waals surface area (Å²) in [6.07, 6.45) is 9.52. The fourth-order valence-electron chi connectivity index (χ4n) is 5.33. The Morgan fingerprint density at radius 3 is 2.70 bits per heavy atom. The molecule has 0 radical (unpaired) electrons. The van der Waals surface area contributed by atoms with E-state index in [1.807, 2.05) is 6.92 Å². The van der Waals surface area contributed by atoms with Crippen molar-refractivity contribution in [1.82, 2.24) is 0 Å². The van der Waals surface area contributed by atoms with Gasteiger partial charge in [0.15, 0.2) is 0 Å². The second-order valence-electron chi connectivity index (χ2n) is 8.15. The van der Waals surface area contributed by atoms with Gasteiger partial charge in [-0.3, -0.25) is 0 Å². The van der Waals surface area contributed by atoms with Crippen molar-refractivity contribution in [3.05, 3.63) is 23.8 Å². The van der Waals surface area contributed by atoms with E-state index in [1.165, 1.54) is 17.9 Å². The van der Waals surface area contributed by atoms with Gasteiger partial charge in [0.2, 0.25) is 0 Å². The van der Waals surface area contributed by atoms with Crippen LogP contribution in [0, 0.1) is 22.7 Å². The number of aldehydes is 1. The Morgan fingerprint density at radius 2 is 2.09 bits per heavy atom. The van der Waals surface area contributed by atoms with Gasteiger partial charge in [-0.05, 0) is 62.7 Å². The van der Waals surface area contributed by atoms with Crippen molar-refractivity contribution < 1.29 is 14.7 Å². The van der Waals surface area contributed by atoms with Gasteiger partial charge in [0, 0.05) is 11.5 Å². The normalized spacial score (nSPS) is 38.0. The van der Waals surface area contributed by atoms with Crippen LogP contribution in [0.25, 0.3) is 0 Å². The Morgan fingerprint density at radius 1 is 1.39 bits per heavy atom. The highest BCUT2D eigenvalue weighted by atomic mass is 16.4. The molecule has 4 atom stereocenters. The first-order valence-electron chi connectivity index (χ1n) is 8.77. The predicted octanol–water partition coefficient (Wildman–Crippen LogP) is 4.78. The lowest BCUT2D eigenvalue weighted by molar-refractivity contribution is -0.132. The zero-order chi connectivity index (χ0) is 17.3. The van der Waals surface area contributed by atoms with Crippen LogP contribution >= 0.6 is 0 Å². The number of fused-ring (bicyclic) bond motifs is 1. The molecule has 1 N–H and O–H groups in total. The molecular formula is C20H30O3. The summed E-state index contributed by atoms with van der Waals surface area (Å²) in [5.74, 6) is -0.0706. The zero-order valence-corrected chi connectivity index (χ0v) is 14.7. The summed E-state index contributed by atoms with van der Waals surface area (Å²) in [7, 11) is 0. The van der Waals surface area contributed by atoms with Crippen LogP contribution in [0.4, 0.5) is 0 Å². The minimum absolute atomic E-state index is 0.118. The third-order valence-electron chi connectivity index (χ3n) is 6.53. The van der Waals surface area contributed by atoms with E-state index >= 15 is 0 Å². The third-order valence-corrected chi connectivity index (χ3v) is 6.53. The number of hydrogen-bond donors (Lipinski definition) is 1. The summed E-state index contributed by atoms with van der Waals surface area (Å²) < 4.78 is 0. The van der Waals surface area contributed by atoms with Crippen LogP contribution in [-0.2, 0) is 9.59 Å². The molecule has 2 aliphatic carbocycles. The number of hydrogen-bond acceptors (Lipinski definition) is 2. The molecule has 0 aromatic heterocycles. The number of carboxylic acids is 1. The maximum atomic E-state index is 11.8. The second-order valence-corrected chi connectivity index (χ2v) is 8.15. The average Bonchev–Trinajstić information content (AvgIpc) is 2.45. The molecule has 23 heavy (non-hydrogen) atoms. The van der Waals surface area contributed by atoms with E-state index < -0.39 is 5.97 Å². The summed E-state index contributed by atoms with van der Waals surface area (Å²) in [4.78, 5) is 22.6. The van der Waals surface area contributed by atoms with E-state index in [9.17, 15) is 9.59 Å². The lowest BCUT2D eigenvalue weighted by atomic mass is 9.47. The topological polar surface area (TPSA) is 54.4 Å². The molecule has 0 aromatic rings.